The molecule has 9 nitrogen and oxygen atoms in total. The van der Waals surface area contributed by atoms with Crippen LogP contribution in [0, 0.1) is 29.8 Å². The van der Waals surface area contributed by atoms with Crippen molar-refractivity contribution in [3.8, 4) is 24.0 Å². The molecule has 0 aliphatic rings. The van der Waals surface area contributed by atoms with Crippen LogP contribution < -0.4 is 14.2 Å². The Kier molecular flexibility index (Phi) is 5.99. The fraction of sp³-hybridized carbons (Fsp3) is 0.0952. The number of rotatable bonds is 7. The van der Waals surface area contributed by atoms with Gasteiger partial charge in [-0.3, -0.25) is 9.82 Å². The van der Waals surface area contributed by atoms with Crippen molar-refractivity contribution in [2.24, 2.45) is 0 Å². The summed E-state index contributed by atoms with van der Waals surface area (Å²) < 4.78 is 80.6. The minimum atomic E-state index is -4.54. The number of fused-ring (bicyclic) bond motifs is 1. The molecule has 1 aromatic carbocycles. The summed E-state index contributed by atoms with van der Waals surface area (Å²) in [7, 11) is -3.41. The van der Waals surface area contributed by atoms with Gasteiger partial charge in [-0.15, -0.1) is 6.42 Å². The van der Waals surface area contributed by atoms with Gasteiger partial charge in [-0.1, -0.05) is 0 Å². The number of terminal acetylenes is 1. The number of nitrogens with zero attached hydrogens (tertiary/aromatic N) is 3. The molecule has 0 atom stereocenters. The number of ether oxygens (including phenoxy) is 2. The van der Waals surface area contributed by atoms with Gasteiger partial charge in [-0.2, -0.15) is 5.10 Å². The van der Waals surface area contributed by atoms with Gasteiger partial charge in [0.2, 0.25) is 5.88 Å². The third kappa shape index (κ3) is 4.30. The van der Waals surface area contributed by atoms with E-state index in [4.69, 9.17) is 15.9 Å². The van der Waals surface area contributed by atoms with E-state index in [1.165, 1.54) is 12.3 Å². The fourth-order valence-electron chi connectivity index (χ4n) is 2.99. The van der Waals surface area contributed by atoms with Gasteiger partial charge in [0.25, 0.3) is 10.0 Å². The van der Waals surface area contributed by atoms with E-state index in [-0.39, 0.29) is 11.4 Å². The third-order valence-corrected chi connectivity index (χ3v) is 5.97. The molecule has 34 heavy (non-hydrogen) atoms. The molecule has 0 aliphatic heterocycles. The number of hydrogen-bond acceptors (Lipinski definition) is 7. The predicted molar refractivity (Wildman–Crippen MR) is 114 cm³/mol. The molecular weight excluding hydrogens is 475 g/mol. The number of hydrogen-bond donors (Lipinski definition) is 2. The summed E-state index contributed by atoms with van der Waals surface area (Å²) in [5, 5.41) is 6.99. The van der Waals surface area contributed by atoms with E-state index in [0.29, 0.717) is 17.1 Å². The second-order valence-electron chi connectivity index (χ2n) is 6.73. The van der Waals surface area contributed by atoms with Gasteiger partial charge >= 0.3 is 0 Å². The highest BCUT2D eigenvalue weighted by atomic mass is 32.2. The lowest BCUT2D eigenvalue weighted by molar-refractivity contribution is 0.292. The van der Waals surface area contributed by atoms with Gasteiger partial charge in [0.1, 0.15) is 29.7 Å². The van der Waals surface area contributed by atoms with E-state index in [1.807, 2.05) is 4.72 Å². The number of halogens is 3. The average molecular weight is 489 g/mol. The Balaban J connectivity index is 1.61. The van der Waals surface area contributed by atoms with E-state index in [0.717, 1.165) is 25.4 Å². The lowest BCUT2D eigenvalue weighted by Crippen LogP contribution is -2.17. The van der Waals surface area contributed by atoms with Crippen LogP contribution >= 0.6 is 0 Å². The quantitative estimate of drug-likeness (QED) is 0.383. The van der Waals surface area contributed by atoms with Crippen molar-refractivity contribution < 1.29 is 31.1 Å². The van der Waals surface area contributed by atoms with Crippen LogP contribution in [0.3, 0.4) is 0 Å². The number of anilines is 1. The zero-order valence-electron chi connectivity index (χ0n) is 17.3. The summed E-state index contributed by atoms with van der Waals surface area (Å²) in [4.78, 5) is 6.93. The van der Waals surface area contributed by atoms with Crippen LogP contribution in [0.4, 0.5) is 18.9 Å². The molecule has 0 radical (unpaired) electrons. The molecule has 0 fully saturated rings. The second kappa shape index (κ2) is 8.91. The molecule has 0 saturated heterocycles. The van der Waals surface area contributed by atoms with Crippen LogP contribution in [0.5, 0.6) is 11.6 Å². The molecule has 0 spiro atoms. The van der Waals surface area contributed by atoms with Crippen LogP contribution in [-0.4, -0.2) is 35.7 Å². The van der Waals surface area contributed by atoms with E-state index in [2.05, 4.69) is 26.1 Å². The Morgan fingerprint density at radius 2 is 1.97 bits per heavy atom. The smallest absolute Gasteiger partial charge is 0.267 e. The largest absolute Gasteiger partial charge is 0.487 e. The first kappa shape index (κ1) is 22.9. The Labute approximate surface area is 191 Å². The minimum Gasteiger partial charge on any atom is -0.487 e. The molecule has 0 amide bonds. The van der Waals surface area contributed by atoms with Crippen LogP contribution in [0.15, 0.2) is 41.6 Å². The average Bonchev–Trinajstić information content (AvgIpc) is 3.23. The molecule has 3 heterocycles. The summed E-state index contributed by atoms with van der Waals surface area (Å²) >= 11 is 0. The van der Waals surface area contributed by atoms with E-state index >= 15 is 4.39 Å². The van der Waals surface area contributed by atoms with Crippen LogP contribution in [0.1, 0.15) is 11.3 Å². The number of methoxy groups -OCH3 is 1. The molecule has 0 aliphatic carbocycles. The first-order valence-electron chi connectivity index (χ1n) is 9.36. The van der Waals surface area contributed by atoms with Crippen molar-refractivity contribution in [3.63, 3.8) is 0 Å². The first-order chi connectivity index (χ1) is 16.2. The number of pyridine rings is 2. The topological polar surface area (TPSA) is 119 Å². The molecule has 0 saturated carbocycles. The third-order valence-electron chi connectivity index (χ3n) is 4.61. The van der Waals surface area contributed by atoms with Gasteiger partial charge in [0, 0.05) is 6.07 Å². The summed E-state index contributed by atoms with van der Waals surface area (Å²) in [6.07, 6.45) is 7.42. The van der Waals surface area contributed by atoms with E-state index in [9.17, 15) is 17.2 Å². The van der Waals surface area contributed by atoms with Crippen molar-refractivity contribution in [3.05, 3.63) is 65.4 Å². The number of benzene rings is 1. The Morgan fingerprint density at radius 3 is 2.71 bits per heavy atom. The van der Waals surface area contributed by atoms with E-state index < -0.39 is 56.1 Å². The lowest BCUT2D eigenvalue weighted by atomic mass is 10.2. The normalized spacial score (nSPS) is 11.3. The summed E-state index contributed by atoms with van der Waals surface area (Å²) in [6, 6.07) is 3.88. The highest BCUT2D eigenvalue weighted by molar-refractivity contribution is 7.92. The molecule has 0 unspecified atom stereocenters. The standard InChI is InChI=1S/C21H14F3N5O4S/c1-3-16-13-7-12(9-25-20(13)28-27-16)33-10-14-15(23)4-5-17(19(14)24)29-34(30,31)18-6-11(22)8-26-21(18)32-2/h1,4-9,29H,10H2,2H3,(H,25,27,28). The van der Waals surface area contributed by atoms with Crippen LogP contribution in [0.2, 0.25) is 0 Å². The maximum atomic E-state index is 15.0. The number of nitrogens with one attached hydrogen (secondary N) is 2. The number of aromatic amines is 1. The lowest BCUT2D eigenvalue weighted by Gasteiger charge is -2.14. The monoisotopic (exact) mass is 489 g/mol. The van der Waals surface area contributed by atoms with Crippen molar-refractivity contribution in [2.75, 3.05) is 11.8 Å². The number of aromatic nitrogens is 4. The molecular formula is C21H14F3N5O4S. The number of H-pyrrole nitrogens is 1. The zero-order chi connectivity index (χ0) is 24.5. The van der Waals surface area contributed by atoms with Gasteiger partial charge in [0.05, 0.1) is 36.1 Å². The first-order valence-corrected chi connectivity index (χ1v) is 10.8. The zero-order valence-corrected chi connectivity index (χ0v) is 18.1. The second-order valence-corrected chi connectivity index (χ2v) is 8.38. The van der Waals surface area contributed by atoms with Crippen molar-refractivity contribution in [1.82, 2.24) is 20.2 Å². The highest BCUT2D eigenvalue weighted by Crippen LogP contribution is 2.28. The molecule has 0 bridgehead atoms. The minimum absolute atomic E-state index is 0.144. The van der Waals surface area contributed by atoms with Crippen molar-refractivity contribution >= 4 is 26.7 Å². The van der Waals surface area contributed by atoms with Crippen LogP contribution in [0.25, 0.3) is 11.0 Å². The van der Waals surface area contributed by atoms with Gasteiger partial charge in [0.15, 0.2) is 16.4 Å². The van der Waals surface area contributed by atoms with E-state index in [1.54, 1.807) is 0 Å². The van der Waals surface area contributed by atoms with Crippen molar-refractivity contribution in [2.45, 2.75) is 11.5 Å². The molecule has 4 rings (SSSR count). The van der Waals surface area contributed by atoms with Gasteiger partial charge < -0.3 is 9.47 Å². The molecule has 4 aromatic rings. The van der Waals surface area contributed by atoms with Gasteiger partial charge in [-0.05, 0) is 24.1 Å². The molecule has 2 N–H and O–H groups in total. The number of sulfonamides is 1. The molecule has 3 aromatic heterocycles. The SMILES string of the molecule is C#Cc1n[nH]c2ncc(OCc3c(F)ccc(NS(=O)(=O)c4cc(F)cnc4OC)c3F)cc12. The highest BCUT2D eigenvalue weighted by Gasteiger charge is 2.25. The van der Waals surface area contributed by atoms with Crippen molar-refractivity contribution in [1.29, 1.82) is 0 Å². The maximum Gasteiger partial charge on any atom is 0.267 e. The Bertz CT molecular complexity index is 1550. The van der Waals surface area contributed by atoms with Gasteiger partial charge in [-0.25, -0.2) is 31.6 Å². The summed E-state index contributed by atoms with van der Waals surface area (Å²) in [6.45, 7) is -0.603. The fourth-order valence-corrected chi connectivity index (χ4v) is 4.18. The molecule has 174 valence electrons. The Morgan fingerprint density at radius 1 is 1.18 bits per heavy atom. The maximum absolute atomic E-state index is 15.0. The Hall–Kier alpha value is -4.31. The predicted octanol–water partition coefficient (Wildman–Crippen LogP) is 3.14. The summed E-state index contributed by atoms with van der Waals surface area (Å²) in [5.74, 6) is -1.06. The summed E-state index contributed by atoms with van der Waals surface area (Å²) in [5.41, 5.74) is -0.473. The van der Waals surface area contributed by atoms with Crippen LogP contribution in [-0.2, 0) is 16.6 Å². The molecule has 13 heteroatoms.